The van der Waals surface area contributed by atoms with E-state index >= 15 is 0 Å². The number of hydrogen-bond acceptors (Lipinski definition) is 4. The van der Waals surface area contributed by atoms with Crippen molar-refractivity contribution >= 4 is 0 Å². The molecule has 48 valence electrons. The van der Waals surface area contributed by atoms with E-state index in [9.17, 15) is 10.1 Å². The molecule has 0 radical (unpaired) electrons. The zero-order valence-corrected chi connectivity index (χ0v) is 4.53. The van der Waals surface area contributed by atoms with Gasteiger partial charge in [-0.25, -0.2) is 0 Å². The van der Waals surface area contributed by atoms with Crippen LogP contribution in [0.3, 0.4) is 0 Å². The number of nitrogens with zero attached hydrogens (tertiary/aromatic N) is 1. The Hall–Kier alpha value is -0.840. The Balaban J connectivity index is 3.24. The quantitative estimate of drug-likeness (QED) is 0.320. The van der Waals surface area contributed by atoms with E-state index in [2.05, 4.69) is 4.84 Å². The zero-order chi connectivity index (χ0) is 6.57. The van der Waals surface area contributed by atoms with E-state index in [0.29, 0.717) is 6.42 Å². The second-order valence-corrected chi connectivity index (χ2v) is 1.28. The molecule has 2 N–H and O–H groups in total. The van der Waals surface area contributed by atoms with Crippen molar-refractivity contribution in [1.82, 2.24) is 0 Å². The third kappa shape index (κ3) is 3.35. The minimum atomic E-state index is -0.895. The van der Waals surface area contributed by atoms with Crippen molar-refractivity contribution < 1.29 is 9.92 Å². The molecule has 0 aliphatic carbocycles. The van der Waals surface area contributed by atoms with Crippen LogP contribution in [0, 0.1) is 10.1 Å². The minimum absolute atomic E-state index is 0.445. The van der Waals surface area contributed by atoms with Crippen molar-refractivity contribution in [3.63, 3.8) is 0 Å². The molecule has 0 spiro atoms. The highest BCUT2D eigenvalue weighted by molar-refractivity contribution is 4.34. The van der Waals surface area contributed by atoms with Gasteiger partial charge in [-0.2, -0.15) is 0 Å². The largest absolute Gasteiger partial charge is 0.306 e. The van der Waals surface area contributed by atoms with Crippen LogP contribution in [0.1, 0.15) is 13.3 Å². The summed E-state index contributed by atoms with van der Waals surface area (Å²) in [6.45, 7) is 1.70. The molecule has 0 aromatic carbocycles. The van der Waals surface area contributed by atoms with Crippen LogP contribution in [0.4, 0.5) is 0 Å². The van der Waals surface area contributed by atoms with Crippen molar-refractivity contribution in [1.29, 1.82) is 0 Å². The molecule has 1 atom stereocenters. The summed E-state index contributed by atoms with van der Waals surface area (Å²) in [5.41, 5.74) is 5.01. The van der Waals surface area contributed by atoms with Crippen LogP contribution >= 0.6 is 0 Å². The van der Waals surface area contributed by atoms with Gasteiger partial charge in [-0.1, -0.05) is 6.92 Å². The van der Waals surface area contributed by atoms with Gasteiger partial charge in [-0.15, -0.1) is 10.1 Å². The van der Waals surface area contributed by atoms with E-state index in [1.54, 1.807) is 6.92 Å². The Morgan fingerprint density at radius 3 is 2.62 bits per heavy atom. The first-order chi connectivity index (χ1) is 3.66. The fourth-order valence-corrected chi connectivity index (χ4v) is 0.185. The summed E-state index contributed by atoms with van der Waals surface area (Å²) in [6, 6.07) is 0. The van der Waals surface area contributed by atoms with E-state index < -0.39 is 11.3 Å². The molecule has 0 aliphatic heterocycles. The highest BCUT2D eigenvalue weighted by atomic mass is 17.0. The van der Waals surface area contributed by atoms with Crippen LogP contribution in [-0.2, 0) is 4.84 Å². The molecular weight excluding hydrogens is 112 g/mol. The van der Waals surface area contributed by atoms with Gasteiger partial charge < -0.3 is 5.73 Å². The SMILES string of the molecule is CCC(N)O[N+](=O)[O-]. The Bertz CT molecular complexity index is 84.6. The van der Waals surface area contributed by atoms with E-state index in [1.165, 1.54) is 0 Å². The Kier molecular flexibility index (Phi) is 2.86. The molecule has 0 aromatic rings. The highest BCUT2D eigenvalue weighted by Crippen LogP contribution is 1.86. The first-order valence-corrected chi connectivity index (χ1v) is 2.23. The van der Waals surface area contributed by atoms with Gasteiger partial charge in [0.05, 0.1) is 0 Å². The summed E-state index contributed by atoms with van der Waals surface area (Å²) in [6.07, 6.45) is -0.328. The first-order valence-electron chi connectivity index (χ1n) is 2.23. The number of nitrogens with two attached hydrogens (primary N) is 1. The fraction of sp³-hybridized carbons (Fsp3) is 1.00. The molecule has 5 nitrogen and oxygen atoms in total. The monoisotopic (exact) mass is 120 g/mol. The highest BCUT2D eigenvalue weighted by Gasteiger charge is 2.01. The van der Waals surface area contributed by atoms with Gasteiger partial charge in [0.2, 0.25) is 0 Å². The average Bonchev–Trinajstić information content (AvgIpc) is 1.65. The molecule has 0 bridgehead atoms. The molecular formula is C3H8N2O3. The van der Waals surface area contributed by atoms with E-state index in [1.807, 2.05) is 0 Å². The Morgan fingerprint density at radius 1 is 2.00 bits per heavy atom. The Labute approximate surface area is 46.5 Å². The third-order valence-corrected chi connectivity index (χ3v) is 0.624. The second-order valence-electron chi connectivity index (χ2n) is 1.28. The van der Waals surface area contributed by atoms with Crippen molar-refractivity contribution in [2.75, 3.05) is 0 Å². The van der Waals surface area contributed by atoms with Crippen molar-refractivity contribution in [2.24, 2.45) is 5.73 Å². The van der Waals surface area contributed by atoms with Gasteiger partial charge in [0.15, 0.2) is 6.23 Å². The molecule has 5 heteroatoms. The average molecular weight is 120 g/mol. The normalized spacial score (nSPS) is 12.8. The predicted octanol–water partition coefficient (Wildman–Crippen LogP) is -0.110. The lowest BCUT2D eigenvalue weighted by molar-refractivity contribution is -0.768. The summed E-state index contributed by atoms with van der Waals surface area (Å²) in [7, 11) is 0. The molecule has 0 saturated carbocycles. The molecule has 0 aliphatic rings. The standard InChI is InChI=1S/C3H8N2O3/c1-2-3(4)8-5(6)7/h3H,2,4H2,1H3. The van der Waals surface area contributed by atoms with Gasteiger partial charge in [-0.05, 0) is 6.42 Å². The van der Waals surface area contributed by atoms with Crippen molar-refractivity contribution in [3.05, 3.63) is 10.1 Å². The zero-order valence-electron chi connectivity index (χ0n) is 4.53. The summed E-state index contributed by atoms with van der Waals surface area (Å²) in [5.74, 6) is 0. The van der Waals surface area contributed by atoms with Gasteiger partial charge in [-0.3, -0.25) is 4.84 Å². The first kappa shape index (κ1) is 7.16. The van der Waals surface area contributed by atoms with E-state index in [-0.39, 0.29) is 0 Å². The summed E-state index contributed by atoms with van der Waals surface area (Å²) in [5, 5.41) is 8.58. The minimum Gasteiger partial charge on any atom is -0.306 e. The van der Waals surface area contributed by atoms with Gasteiger partial charge in [0.1, 0.15) is 0 Å². The summed E-state index contributed by atoms with van der Waals surface area (Å²) in [4.78, 5) is 13.4. The van der Waals surface area contributed by atoms with Crippen LogP contribution in [0.15, 0.2) is 0 Å². The van der Waals surface area contributed by atoms with Gasteiger partial charge in [0, 0.05) is 0 Å². The fourth-order valence-electron chi connectivity index (χ4n) is 0.185. The number of rotatable bonds is 3. The lowest BCUT2D eigenvalue weighted by atomic mass is 10.5. The van der Waals surface area contributed by atoms with Crippen molar-refractivity contribution in [2.45, 2.75) is 19.6 Å². The molecule has 1 unspecified atom stereocenters. The number of hydrogen-bond donors (Lipinski definition) is 1. The van der Waals surface area contributed by atoms with E-state index in [4.69, 9.17) is 5.73 Å². The molecule has 0 rings (SSSR count). The molecule has 0 saturated heterocycles. The third-order valence-electron chi connectivity index (χ3n) is 0.624. The van der Waals surface area contributed by atoms with Crippen LogP contribution < -0.4 is 5.73 Å². The predicted molar refractivity (Wildman–Crippen MR) is 26.3 cm³/mol. The lowest BCUT2D eigenvalue weighted by Gasteiger charge is -2.02. The molecule has 0 amide bonds. The molecule has 0 fully saturated rings. The Morgan fingerprint density at radius 2 is 2.50 bits per heavy atom. The second kappa shape index (κ2) is 3.20. The summed E-state index contributed by atoms with van der Waals surface area (Å²) >= 11 is 0. The van der Waals surface area contributed by atoms with Crippen LogP contribution in [0.5, 0.6) is 0 Å². The lowest BCUT2D eigenvalue weighted by Crippen LogP contribution is -2.25. The topological polar surface area (TPSA) is 78.4 Å². The maximum Gasteiger partial charge on any atom is 0.296 e. The molecule has 8 heavy (non-hydrogen) atoms. The van der Waals surface area contributed by atoms with Crippen LogP contribution in [0.2, 0.25) is 0 Å². The molecule has 0 heterocycles. The molecule has 0 aromatic heterocycles. The van der Waals surface area contributed by atoms with Crippen LogP contribution in [-0.4, -0.2) is 11.3 Å². The van der Waals surface area contributed by atoms with Gasteiger partial charge in [0.25, 0.3) is 5.09 Å². The van der Waals surface area contributed by atoms with E-state index in [0.717, 1.165) is 0 Å². The van der Waals surface area contributed by atoms with Crippen LogP contribution in [0.25, 0.3) is 0 Å². The maximum absolute atomic E-state index is 9.47. The smallest absolute Gasteiger partial charge is 0.296 e. The van der Waals surface area contributed by atoms with Gasteiger partial charge >= 0.3 is 0 Å². The van der Waals surface area contributed by atoms with Crippen molar-refractivity contribution in [3.8, 4) is 0 Å². The summed E-state index contributed by atoms with van der Waals surface area (Å²) < 4.78 is 0. The maximum atomic E-state index is 9.47.